The number of carbonyl (C=O) groups is 2. The minimum atomic E-state index is -0.465. The molecule has 2 aliphatic rings. The average molecular weight is 326 g/mol. The lowest BCUT2D eigenvalue weighted by molar-refractivity contribution is 0.0521. The van der Waals surface area contributed by atoms with E-state index in [9.17, 15) is 9.59 Å². The van der Waals surface area contributed by atoms with E-state index in [2.05, 4.69) is 10.6 Å². The lowest BCUT2D eigenvalue weighted by atomic mass is 10.1. The SMILES string of the molecule is CN(C)C(=O)N1CCC(NC2CC2NC(=O)OC(C)(C)C)CC1. The van der Waals surface area contributed by atoms with Gasteiger partial charge in [0.25, 0.3) is 0 Å². The second kappa shape index (κ2) is 6.95. The van der Waals surface area contributed by atoms with Crippen molar-refractivity contribution in [2.45, 2.75) is 63.8 Å². The predicted octanol–water partition coefficient (Wildman–Crippen LogP) is 1.39. The van der Waals surface area contributed by atoms with Crippen LogP contribution in [0, 0.1) is 0 Å². The third-order valence-electron chi connectivity index (χ3n) is 4.09. The molecule has 0 aromatic rings. The number of ether oxygens (including phenoxy) is 1. The lowest BCUT2D eigenvalue weighted by Gasteiger charge is -2.34. The first-order valence-corrected chi connectivity index (χ1v) is 8.37. The molecule has 2 atom stereocenters. The van der Waals surface area contributed by atoms with E-state index in [1.165, 1.54) is 0 Å². The van der Waals surface area contributed by atoms with Crippen molar-refractivity contribution in [2.24, 2.45) is 0 Å². The van der Waals surface area contributed by atoms with Crippen molar-refractivity contribution in [2.75, 3.05) is 27.2 Å². The average Bonchev–Trinajstić information content (AvgIpc) is 3.14. The normalized spacial score (nSPS) is 25.0. The lowest BCUT2D eigenvalue weighted by Crippen LogP contribution is -2.49. The van der Waals surface area contributed by atoms with Crippen molar-refractivity contribution in [3.63, 3.8) is 0 Å². The van der Waals surface area contributed by atoms with Gasteiger partial charge < -0.3 is 25.2 Å². The Balaban J connectivity index is 1.65. The summed E-state index contributed by atoms with van der Waals surface area (Å²) >= 11 is 0. The zero-order chi connectivity index (χ0) is 17.2. The van der Waals surface area contributed by atoms with Crippen LogP contribution in [0.25, 0.3) is 0 Å². The van der Waals surface area contributed by atoms with Crippen LogP contribution in [-0.2, 0) is 4.74 Å². The highest BCUT2D eigenvalue weighted by atomic mass is 16.6. The highest BCUT2D eigenvalue weighted by Crippen LogP contribution is 2.24. The highest BCUT2D eigenvalue weighted by molar-refractivity contribution is 5.73. The van der Waals surface area contributed by atoms with Crippen LogP contribution in [-0.4, -0.2) is 72.8 Å². The molecule has 3 amide bonds. The van der Waals surface area contributed by atoms with E-state index in [0.717, 1.165) is 32.4 Å². The van der Waals surface area contributed by atoms with E-state index in [0.29, 0.717) is 12.1 Å². The van der Waals surface area contributed by atoms with Crippen LogP contribution < -0.4 is 10.6 Å². The number of nitrogens with one attached hydrogen (secondary N) is 2. The Morgan fingerprint density at radius 3 is 2.26 bits per heavy atom. The van der Waals surface area contributed by atoms with Gasteiger partial charge in [-0.1, -0.05) is 0 Å². The molecule has 1 saturated carbocycles. The molecule has 2 rings (SSSR count). The van der Waals surface area contributed by atoms with Crippen LogP contribution in [0.4, 0.5) is 9.59 Å². The van der Waals surface area contributed by atoms with Crippen LogP contribution >= 0.6 is 0 Å². The zero-order valence-corrected chi connectivity index (χ0v) is 14.9. The van der Waals surface area contributed by atoms with E-state index in [-0.39, 0.29) is 18.2 Å². The third-order valence-corrected chi connectivity index (χ3v) is 4.09. The fourth-order valence-electron chi connectivity index (χ4n) is 2.82. The Labute approximate surface area is 138 Å². The fraction of sp³-hybridized carbons (Fsp3) is 0.875. The van der Waals surface area contributed by atoms with Crippen LogP contribution in [0.3, 0.4) is 0 Å². The molecule has 1 saturated heterocycles. The maximum absolute atomic E-state index is 11.9. The molecule has 23 heavy (non-hydrogen) atoms. The number of rotatable bonds is 3. The van der Waals surface area contributed by atoms with Gasteiger partial charge in [0.2, 0.25) is 0 Å². The number of nitrogens with zero attached hydrogens (tertiary/aromatic N) is 2. The standard InChI is InChI=1S/C16H30N4O3/c1-16(2,3)23-14(21)18-13-10-12(13)17-11-6-8-20(9-7-11)15(22)19(4)5/h11-13,17H,6-10H2,1-5H3,(H,18,21). The first-order chi connectivity index (χ1) is 10.7. The Morgan fingerprint density at radius 1 is 1.13 bits per heavy atom. The van der Waals surface area contributed by atoms with Gasteiger partial charge in [-0.05, 0) is 40.0 Å². The highest BCUT2D eigenvalue weighted by Gasteiger charge is 2.41. The molecule has 7 nitrogen and oxygen atoms in total. The maximum Gasteiger partial charge on any atom is 0.407 e. The number of hydrogen-bond acceptors (Lipinski definition) is 4. The number of piperidine rings is 1. The van der Waals surface area contributed by atoms with Gasteiger partial charge in [-0.15, -0.1) is 0 Å². The Kier molecular flexibility index (Phi) is 5.39. The summed E-state index contributed by atoms with van der Waals surface area (Å²) in [4.78, 5) is 27.1. The number of hydrogen-bond donors (Lipinski definition) is 2. The summed E-state index contributed by atoms with van der Waals surface area (Å²) in [5, 5.41) is 6.48. The molecule has 132 valence electrons. The molecule has 2 N–H and O–H groups in total. The first-order valence-electron chi connectivity index (χ1n) is 8.37. The second-order valence-electron chi connectivity index (χ2n) is 7.70. The minimum absolute atomic E-state index is 0.0827. The summed E-state index contributed by atoms with van der Waals surface area (Å²) in [6, 6.07) is 0.978. The summed E-state index contributed by atoms with van der Waals surface area (Å²) in [5.74, 6) is 0. The molecule has 2 unspecified atom stereocenters. The summed E-state index contributed by atoms with van der Waals surface area (Å²) < 4.78 is 5.26. The monoisotopic (exact) mass is 326 g/mol. The van der Waals surface area contributed by atoms with Crippen molar-refractivity contribution in [1.82, 2.24) is 20.4 Å². The summed E-state index contributed by atoms with van der Waals surface area (Å²) in [6.45, 7) is 7.14. The van der Waals surface area contributed by atoms with E-state index >= 15 is 0 Å². The fourth-order valence-corrected chi connectivity index (χ4v) is 2.82. The largest absolute Gasteiger partial charge is 0.444 e. The van der Waals surface area contributed by atoms with Crippen LogP contribution in [0.15, 0.2) is 0 Å². The van der Waals surface area contributed by atoms with Crippen molar-refractivity contribution >= 4 is 12.1 Å². The zero-order valence-electron chi connectivity index (χ0n) is 14.9. The van der Waals surface area contributed by atoms with Gasteiger partial charge in [0.15, 0.2) is 0 Å². The number of carbonyl (C=O) groups excluding carboxylic acids is 2. The van der Waals surface area contributed by atoms with Gasteiger partial charge >= 0.3 is 12.1 Å². The number of amides is 3. The second-order valence-corrected chi connectivity index (χ2v) is 7.70. The molecule has 0 aromatic carbocycles. The Hall–Kier alpha value is -1.50. The van der Waals surface area contributed by atoms with E-state index in [1.807, 2.05) is 25.7 Å². The molecule has 0 spiro atoms. The predicted molar refractivity (Wildman–Crippen MR) is 88.4 cm³/mol. The van der Waals surface area contributed by atoms with Crippen LogP contribution in [0.5, 0.6) is 0 Å². The Morgan fingerprint density at radius 2 is 1.74 bits per heavy atom. The quantitative estimate of drug-likeness (QED) is 0.822. The van der Waals surface area contributed by atoms with Gasteiger partial charge in [-0.3, -0.25) is 0 Å². The third kappa shape index (κ3) is 5.57. The summed E-state index contributed by atoms with van der Waals surface area (Å²) in [7, 11) is 3.56. The molecular formula is C16H30N4O3. The number of urea groups is 1. The van der Waals surface area contributed by atoms with Gasteiger partial charge in [0.1, 0.15) is 5.60 Å². The Bertz CT molecular complexity index is 439. The number of alkyl carbamates (subject to hydrolysis) is 1. The topological polar surface area (TPSA) is 73.9 Å². The van der Waals surface area contributed by atoms with E-state index in [4.69, 9.17) is 4.74 Å². The van der Waals surface area contributed by atoms with Crippen molar-refractivity contribution in [3.8, 4) is 0 Å². The van der Waals surface area contributed by atoms with Crippen molar-refractivity contribution < 1.29 is 14.3 Å². The van der Waals surface area contributed by atoms with Crippen LogP contribution in [0.2, 0.25) is 0 Å². The van der Waals surface area contributed by atoms with E-state index < -0.39 is 5.60 Å². The van der Waals surface area contributed by atoms with Gasteiger partial charge in [0.05, 0.1) is 0 Å². The van der Waals surface area contributed by atoms with Crippen molar-refractivity contribution in [1.29, 1.82) is 0 Å². The van der Waals surface area contributed by atoms with Gasteiger partial charge in [-0.25, -0.2) is 9.59 Å². The van der Waals surface area contributed by atoms with Crippen LogP contribution in [0.1, 0.15) is 40.0 Å². The number of likely N-dealkylation sites (tertiary alicyclic amines) is 1. The van der Waals surface area contributed by atoms with Gasteiger partial charge in [-0.2, -0.15) is 0 Å². The molecule has 0 bridgehead atoms. The first kappa shape index (κ1) is 17.8. The molecule has 0 radical (unpaired) electrons. The molecule has 0 aromatic heterocycles. The van der Waals surface area contributed by atoms with Gasteiger partial charge in [0, 0.05) is 45.3 Å². The minimum Gasteiger partial charge on any atom is -0.444 e. The molecular weight excluding hydrogens is 296 g/mol. The summed E-state index contributed by atoms with van der Waals surface area (Å²) in [6.07, 6.45) is 2.50. The molecule has 7 heteroatoms. The molecule has 1 aliphatic carbocycles. The molecule has 1 aliphatic heterocycles. The molecule has 2 fully saturated rings. The smallest absolute Gasteiger partial charge is 0.407 e. The molecule has 1 heterocycles. The van der Waals surface area contributed by atoms with E-state index in [1.54, 1.807) is 19.0 Å². The summed E-state index contributed by atoms with van der Waals surface area (Å²) in [5.41, 5.74) is -0.465. The maximum atomic E-state index is 11.9. The van der Waals surface area contributed by atoms with Crippen molar-refractivity contribution in [3.05, 3.63) is 0 Å².